The summed E-state index contributed by atoms with van der Waals surface area (Å²) in [6.07, 6.45) is 0. The maximum atomic E-state index is 11.6. The topological polar surface area (TPSA) is 32.1 Å². The number of hydrogen-bond acceptors (Lipinski definition) is 1. The van der Waals surface area contributed by atoms with Gasteiger partial charge in [0.1, 0.15) is 5.92 Å². The zero-order chi connectivity index (χ0) is 11.7. The van der Waals surface area contributed by atoms with Gasteiger partial charge < -0.3 is 0 Å². The van der Waals surface area contributed by atoms with Gasteiger partial charge in [-0.3, -0.25) is 4.79 Å². The van der Waals surface area contributed by atoms with E-state index in [9.17, 15) is 4.79 Å². The van der Waals surface area contributed by atoms with Crippen LogP contribution in [0.3, 0.4) is 0 Å². The van der Waals surface area contributed by atoms with E-state index in [1.165, 1.54) is 5.71 Å². The molecule has 0 aromatic rings. The molecule has 0 aromatic heterocycles. The van der Waals surface area contributed by atoms with Crippen LogP contribution >= 0.6 is 0 Å². The van der Waals surface area contributed by atoms with Crippen LogP contribution in [0, 0.1) is 17.8 Å². The normalized spacial score (nSPS) is 26.4. The number of nitrogens with one attached hydrogen (secondary N) is 1. The molecule has 3 heteroatoms. The summed E-state index contributed by atoms with van der Waals surface area (Å²) in [4.78, 5) is 11.6. The third-order valence-electron chi connectivity index (χ3n) is 3.24. The van der Waals surface area contributed by atoms with E-state index >= 15 is 0 Å². The van der Waals surface area contributed by atoms with Crippen molar-refractivity contribution < 1.29 is 9.48 Å². The second-order valence-corrected chi connectivity index (χ2v) is 5.11. The molecule has 0 bridgehead atoms. The van der Waals surface area contributed by atoms with Crippen LogP contribution < -0.4 is 5.43 Å². The smallest absolute Gasteiger partial charge is 0.269 e. The molecular weight excluding hydrogens is 188 g/mol. The molecule has 2 atom stereocenters. The van der Waals surface area contributed by atoms with Crippen molar-refractivity contribution in [3.63, 3.8) is 0 Å². The fourth-order valence-corrected chi connectivity index (χ4v) is 2.29. The molecule has 1 N–H and O–H groups in total. The number of hydrazone groups is 1. The molecule has 0 saturated carbocycles. The minimum Gasteiger partial charge on any atom is -0.269 e. The molecule has 1 aliphatic heterocycles. The van der Waals surface area contributed by atoms with Gasteiger partial charge in [-0.15, -0.1) is 10.1 Å². The summed E-state index contributed by atoms with van der Waals surface area (Å²) in [5, 5.41) is 0. The van der Waals surface area contributed by atoms with E-state index in [0.717, 1.165) is 0 Å². The van der Waals surface area contributed by atoms with Gasteiger partial charge in [-0.1, -0.05) is 27.7 Å². The van der Waals surface area contributed by atoms with Crippen molar-refractivity contribution in [2.24, 2.45) is 17.8 Å². The van der Waals surface area contributed by atoms with Crippen molar-refractivity contribution in [3.05, 3.63) is 0 Å². The predicted octanol–water partition coefficient (Wildman–Crippen LogP) is 1.82. The largest absolute Gasteiger partial charge is 0.283 e. The SMILES string of the molecule is CC(C)C(C(C)C)=[N+]1NC(=O)C(C)C1C. The molecule has 1 rings (SSSR count). The molecule has 1 amide bonds. The molecule has 3 nitrogen and oxygen atoms in total. The average molecular weight is 211 g/mol. The molecule has 86 valence electrons. The number of carbonyl (C=O) groups is 1. The summed E-state index contributed by atoms with van der Waals surface area (Å²) in [7, 11) is 0. The quantitative estimate of drug-likeness (QED) is 0.694. The van der Waals surface area contributed by atoms with Crippen molar-refractivity contribution in [1.82, 2.24) is 5.43 Å². The molecule has 1 aliphatic rings. The maximum absolute atomic E-state index is 11.6. The molecule has 1 saturated heterocycles. The molecular formula is C12H23N2O+. The third kappa shape index (κ3) is 2.21. The lowest BCUT2D eigenvalue weighted by Crippen LogP contribution is -2.38. The number of carbonyl (C=O) groups excluding carboxylic acids is 1. The Bertz CT molecular complexity index is 282. The third-order valence-corrected chi connectivity index (χ3v) is 3.24. The van der Waals surface area contributed by atoms with Crippen LogP contribution in [0.5, 0.6) is 0 Å². The lowest BCUT2D eigenvalue weighted by molar-refractivity contribution is -0.596. The number of amides is 1. The zero-order valence-electron chi connectivity index (χ0n) is 10.7. The Morgan fingerprint density at radius 1 is 1.20 bits per heavy atom. The zero-order valence-corrected chi connectivity index (χ0v) is 10.7. The van der Waals surface area contributed by atoms with Crippen LogP contribution in [-0.2, 0) is 4.79 Å². The summed E-state index contributed by atoms with van der Waals surface area (Å²) >= 11 is 0. The van der Waals surface area contributed by atoms with Crippen molar-refractivity contribution in [1.29, 1.82) is 0 Å². The first-order valence-electron chi connectivity index (χ1n) is 5.82. The molecule has 0 radical (unpaired) electrons. The van der Waals surface area contributed by atoms with E-state index in [-0.39, 0.29) is 17.9 Å². The average Bonchev–Trinajstić information content (AvgIpc) is 2.33. The van der Waals surface area contributed by atoms with Gasteiger partial charge in [-0.2, -0.15) is 0 Å². The fourth-order valence-electron chi connectivity index (χ4n) is 2.29. The highest BCUT2D eigenvalue weighted by Crippen LogP contribution is 2.17. The first-order valence-corrected chi connectivity index (χ1v) is 5.82. The fraction of sp³-hybridized carbons (Fsp3) is 0.833. The Balaban J connectivity index is 3.12. The molecule has 0 spiro atoms. The highest BCUT2D eigenvalue weighted by Gasteiger charge is 2.42. The van der Waals surface area contributed by atoms with E-state index in [0.29, 0.717) is 11.8 Å². The van der Waals surface area contributed by atoms with E-state index in [1.807, 2.05) is 6.92 Å². The van der Waals surface area contributed by atoms with Crippen molar-refractivity contribution in [3.8, 4) is 0 Å². The maximum Gasteiger partial charge on any atom is 0.283 e. The van der Waals surface area contributed by atoms with Crippen molar-refractivity contribution in [2.75, 3.05) is 0 Å². The number of hydrazine groups is 1. The minimum atomic E-state index is 0.0810. The van der Waals surface area contributed by atoms with Gasteiger partial charge in [0.25, 0.3) is 5.91 Å². The Hall–Kier alpha value is -0.860. The summed E-state index contributed by atoms with van der Waals surface area (Å²) in [5.74, 6) is 1.16. The van der Waals surface area contributed by atoms with Gasteiger partial charge in [0, 0.05) is 18.8 Å². The molecule has 2 unspecified atom stereocenters. The Morgan fingerprint density at radius 3 is 1.93 bits per heavy atom. The van der Waals surface area contributed by atoms with E-state index in [2.05, 4.69) is 44.7 Å². The van der Waals surface area contributed by atoms with E-state index in [4.69, 9.17) is 0 Å². The standard InChI is InChI=1S/C12H22N2O/c1-7(2)11(8(3)4)14-10(6)9(5)12(15)13-14/h7-10H,1-6H3/p+1. The Kier molecular flexibility index (Phi) is 3.53. The second-order valence-electron chi connectivity index (χ2n) is 5.11. The van der Waals surface area contributed by atoms with Crippen LogP contribution in [0.1, 0.15) is 41.5 Å². The highest BCUT2D eigenvalue weighted by molar-refractivity contribution is 5.86. The summed E-state index contributed by atoms with van der Waals surface area (Å²) in [5.41, 5.74) is 4.29. The molecule has 0 aliphatic carbocycles. The molecule has 1 heterocycles. The van der Waals surface area contributed by atoms with Crippen LogP contribution in [-0.4, -0.2) is 22.3 Å². The summed E-state index contributed by atoms with van der Waals surface area (Å²) < 4.78 is 2.07. The lowest BCUT2D eigenvalue weighted by atomic mass is 9.96. The van der Waals surface area contributed by atoms with Crippen LogP contribution in [0.25, 0.3) is 0 Å². The predicted molar refractivity (Wildman–Crippen MR) is 61.7 cm³/mol. The number of hydrogen-bond donors (Lipinski definition) is 1. The van der Waals surface area contributed by atoms with Gasteiger partial charge in [0.15, 0.2) is 11.8 Å². The van der Waals surface area contributed by atoms with Crippen LogP contribution in [0.4, 0.5) is 0 Å². The van der Waals surface area contributed by atoms with E-state index in [1.54, 1.807) is 0 Å². The second kappa shape index (κ2) is 4.33. The first-order chi connectivity index (χ1) is 6.86. The van der Waals surface area contributed by atoms with Gasteiger partial charge in [-0.05, 0) is 6.92 Å². The molecule has 15 heavy (non-hydrogen) atoms. The van der Waals surface area contributed by atoms with Crippen LogP contribution in [0.2, 0.25) is 0 Å². The number of nitrogens with zero attached hydrogens (tertiary/aromatic N) is 1. The molecule has 0 aromatic carbocycles. The Morgan fingerprint density at radius 2 is 1.67 bits per heavy atom. The number of rotatable bonds is 2. The van der Waals surface area contributed by atoms with Gasteiger partial charge in [-0.25, -0.2) is 0 Å². The summed E-state index contributed by atoms with van der Waals surface area (Å²) in [6, 6.07) is 0.261. The van der Waals surface area contributed by atoms with Gasteiger partial charge in [0.05, 0.1) is 0 Å². The van der Waals surface area contributed by atoms with Gasteiger partial charge in [0.2, 0.25) is 0 Å². The minimum absolute atomic E-state index is 0.0810. The van der Waals surface area contributed by atoms with Crippen molar-refractivity contribution >= 4 is 11.6 Å². The Labute approximate surface area is 92.5 Å². The van der Waals surface area contributed by atoms with Crippen LogP contribution in [0.15, 0.2) is 0 Å². The van der Waals surface area contributed by atoms with E-state index < -0.39 is 0 Å². The monoisotopic (exact) mass is 211 g/mol. The van der Waals surface area contributed by atoms with Crippen molar-refractivity contribution in [2.45, 2.75) is 47.6 Å². The first kappa shape index (κ1) is 12.2. The van der Waals surface area contributed by atoms with Gasteiger partial charge >= 0.3 is 0 Å². The summed E-state index contributed by atoms with van der Waals surface area (Å²) in [6.45, 7) is 12.8. The molecule has 1 fully saturated rings. The highest BCUT2D eigenvalue weighted by atomic mass is 16.2. The lowest BCUT2D eigenvalue weighted by Gasteiger charge is -2.13.